The highest BCUT2D eigenvalue weighted by molar-refractivity contribution is 5.66. The Labute approximate surface area is 91.6 Å². The minimum absolute atomic E-state index is 0.279. The van der Waals surface area contributed by atoms with E-state index in [9.17, 15) is 4.79 Å². The molecule has 0 aromatic carbocycles. The van der Waals surface area contributed by atoms with Crippen LogP contribution in [0.1, 0.15) is 32.6 Å². The van der Waals surface area contributed by atoms with E-state index in [1.54, 1.807) is 0 Å². The van der Waals surface area contributed by atoms with Crippen molar-refractivity contribution in [1.82, 2.24) is 10.2 Å². The van der Waals surface area contributed by atoms with Crippen molar-refractivity contribution in [1.29, 1.82) is 0 Å². The summed E-state index contributed by atoms with van der Waals surface area (Å²) in [6.07, 6.45) is 3.41. The van der Waals surface area contributed by atoms with Crippen LogP contribution in [0.15, 0.2) is 0 Å². The van der Waals surface area contributed by atoms with E-state index in [1.807, 2.05) is 0 Å². The summed E-state index contributed by atoms with van der Waals surface area (Å²) in [5.74, 6) is -0.697. The summed E-state index contributed by atoms with van der Waals surface area (Å²) in [4.78, 5) is 12.8. The number of nitrogens with one attached hydrogen (secondary N) is 1. The van der Waals surface area contributed by atoms with Gasteiger partial charge in [-0.25, -0.2) is 0 Å². The molecular weight excluding hydrogens is 192 g/mol. The first-order valence-corrected chi connectivity index (χ1v) is 5.90. The van der Waals surface area contributed by atoms with Gasteiger partial charge in [-0.15, -0.1) is 0 Å². The Kier molecular flexibility index (Phi) is 5.65. The van der Waals surface area contributed by atoms with Crippen molar-refractivity contribution in [2.24, 2.45) is 0 Å². The second-order valence-electron chi connectivity index (χ2n) is 4.16. The first kappa shape index (κ1) is 12.5. The molecule has 1 saturated heterocycles. The second kappa shape index (κ2) is 6.80. The van der Waals surface area contributed by atoms with E-state index in [1.165, 1.54) is 25.9 Å². The quantitative estimate of drug-likeness (QED) is 0.646. The number of aliphatic carboxylic acids is 1. The van der Waals surface area contributed by atoms with E-state index in [4.69, 9.17) is 5.11 Å². The smallest absolute Gasteiger partial charge is 0.303 e. The average molecular weight is 214 g/mol. The summed E-state index contributed by atoms with van der Waals surface area (Å²) in [7, 11) is 0. The Hall–Kier alpha value is -0.610. The average Bonchev–Trinajstić information content (AvgIpc) is 2.25. The fraction of sp³-hybridized carbons (Fsp3) is 0.909. The van der Waals surface area contributed by atoms with Crippen molar-refractivity contribution in [3.63, 3.8) is 0 Å². The molecule has 0 unspecified atom stereocenters. The van der Waals surface area contributed by atoms with Crippen LogP contribution in [-0.2, 0) is 4.79 Å². The van der Waals surface area contributed by atoms with Crippen molar-refractivity contribution in [2.75, 3.05) is 26.2 Å². The van der Waals surface area contributed by atoms with Crippen LogP contribution in [0.4, 0.5) is 0 Å². The molecule has 0 aromatic rings. The van der Waals surface area contributed by atoms with E-state index in [2.05, 4.69) is 17.1 Å². The third-order valence-electron chi connectivity index (χ3n) is 3.04. The largest absolute Gasteiger partial charge is 0.481 e. The Morgan fingerprint density at radius 2 is 2.13 bits per heavy atom. The number of piperidine rings is 1. The molecule has 0 amide bonds. The predicted molar refractivity (Wildman–Crippen MR) is 60.0 cm³/mol. The van der Waals surface area contributed by atoms with E-state index >= 15 is 0 Å². The summed E-state index contributed by atoms with van der Waals surface area (Å²) < 4.78 is 0. The molecule has 0 radical (unpaired) electrons. The highest BCUT2D eigenvalue weighted by Crippen LogP contribution is 2.09. The van der Waals surface area contributed by atoms with Crippen molar-refractivity contribution in [3.05, 3.63) is 0 Å². The first-order chi connectivity index (χ1) is 7.22. The predicted octanol–water partition coefficient (Wildman–Crippen LogP) is 0.925. The highest BCUT2D eigenvalue weighted by atomic mass is 16.4. The summed E-state index contributed by atoms with van der Waals surface area (Å²) in [5, 5.41) is 11.9. The van der Waals surface area contributed by atoms with Crippen LogP contribution in [0.2, 0.25) is 0 Å². The van der Waals surface area contributed by atoms with Gasteiger partial charge in [0.15, 0.2) is 0 Å². The van der Waals surface area contributed by atoms with Gasteiger partial charge in [0.05, 0.1) is 0 Å². The highest BCUT2D eigenvalue weighted by Gasteiger charge is 2.16. The number of rotatable bonds is 6. The summed E-state index contributed by atoms with van der Waals surface area (Å²) in [6.45, 7) is 6.52. The van der Waals surface area contributed by atoms with Crippen LogP contribution in [0, 0.1) is 0 Å². The van der Waals surface area contributed by atoms with Gasteiger partial charge in [0.2, 0.25) is 0 Å². The molecule has 0 aromatic heterocycles. The molecular formula is C11H22N2O2. The Morgan fingerprint density at radius 3 is 2.67 bits per heavy atom. The lowest BCUT2D eigenvalue weighted by molar-refractivity contribution is -0.137. The zero-order valence-corrected chi connectivity index (χ0v) is 9.54. The molecule has 4 nitrogen and oxygen atoms in total. The second-order valence-corrected chi connectivity index (χ2v) is 4.16. The van der Waals surface area contributed by atoms with Crippen molar-refractivity contribution >= 4 is 5.97 Å². The van der Waals surface area contributed by atoms with Crippen LogP contribution in [0.25, 0.3) is 0 Å². The van der Waals surface area contributed by atoms with E-state index in [0.717, 1.165) is 19.5 Å². The van der Waals surface area contributed by atoms with E-state index in [0.29, 0.717) is 6.04 Å². The summed E-state index contributed by atoms with van der Waals surface area (Å²) in [5.41, 5.74) is 0. The normalized spacial score (nSPS) is 19.3. The number of carboxylic acid groups (broad SMARTS) is 1. The molecule has 0 aliphatic carbocycles. The lowest BCUT2D eigenvalue weighted by atomic mass is 10.1. The SMILES string of the molecule is CCN1CCC(NCCCC(=O)O)CC1. The molecule has 0 saturated carbocycles. The number of nitrogens with zero attached hydrogens (tertiary/aromatic N) is 1. The molecule has 1 fully saturated rings. The standard InChI is InChI=1S/C11H22N2O2/c1-2-13-8-5-10(6-9-13)12-7-3-4-11(14)15/h10,12H,2-9H2,1H3,(H,14,15). The Balaban J connectivity index is 2.01. The maximum atomic E-state index is 10.3. The molecule has 1 rings (SSSR count). The Morgan fingerprint density at radius 1 is 1.47 bits per heavy atom. The van der Waals surface area contributed by atoms with Crippen LogP contribution in [-0.4, -0.2) is 48.2 Å². The number of carboxylic acids is 1. The third kappa shape index (κ3) is 5.14. The van der Waals surface area contributed by atoms with Crippen molar-refractivity contribution < 1.29 is 9.90 Å². The summed E-state index contributed by atoms with van der Waals surface area (Å²) >= 11 is 0. The van der Waals surface area contributed by atoms with Gasteiger partial charge in [-0.1, -0.05) is 6.92 Å². The van der Waals surface area contributed by atoms with Gasteiger partial charge in [0, 0.05) is 12.5 Å². The van der Waals surface area contributed by atoms with Crippen LogP contribution in [0.5, 0.6) is 0 Å². The monoisotopic (exact) mass is 214 g/mol. The van der Waals surface area contributed by atoms with Gasteiger partial charge in [-0.3, -0.25) is 4.79 Å². The molecule has 0 spiro atoms. The molecule has 4 heteroatoms. The van der Waals surface area contributed by atoms with Gasteiger partial charge < -0.3 is 15.3 Å². The third-order valence-corrected chi connectivity index (χ3v) is 3.04. The molecule has 0 bridgehead atoms. The van der Waals surface area contributed by atoms with Crippen LogP contribution < -0.4 is 5.32 Å². The number of hydrogen-bond acceptors (Lipinski definition) is 3. The lowest BCUT2D eigenvalue weighted by Crippen LogP contribution is -2.42. The first-order valence-electron chi connectivity index (χ1n) is 5.90. The van der Waals surface area contributed by atoms with Crippen molar-refractivity contribution in [2.45, 2.75) is 38.6 Å². The minimum Gasteiger partial charge on any atom is -0.481 e. The number of likely N-dealkylation sites (tertiary alicyclic amines) is 1. The van der Waals surface area contributed by atoms with E-state index < -0.39 is 5.97 Å². The Bertz CT molecular complexity index is 189. The molecule has 1 aliphatic rings. The molecule has 1 aliphatic heterocycles. The van der Waals surface area contributed by atoms with Crippen LogP contribution >= 0.6 is 0 Å². The molecule has 88 valence electrons. The fourth-order valence-corrected chi connectivity index (χ4v) is 2.00. The molecule has 0 atom stereocenters. The van der Waals surface area contributed by atoms with Gasteiger partial charge in [-0.05, 0) is 45.4 Å². The maximum Gasteiger partial charge on any atom is 0.303 e. The number of carbonyl (C=O) groups is 1. The van der Waals surface area contributed by atoms with Crippen molar-refractivity contribution in [3.8, 4) is 0 Å². The van der Waals surface area contributed by atoms with Gasteiger partial charge in [0.1, 0.15) is 0 Å². The van der Waals surface area contributed by atoms with Gasteiger partial charge in [0.25, 0.3) is 0 Å². The van der Waals surface area contributed by atoms with Gasteiger partial charge >= 0.3 is 5.97 Å². The summed E-state index contributed by atoms with van der Waals surface area (Å²) in [6, 6.07) is 0.599. The number of hydrogen-bond donors (Lipinski definition) is 2. The fourth-order valence-electron chi connectivity index (χ4n) is 2.00. The molecule has 15 heavy (non-hydrogen) atoms. The lowest BCUT2D eigenvalue weighted by Gasteiger charge is -2.31. The van der Waals surface area contributed by atoms with E-state index in [-0.39, 0.29) is 6.42 Å². The zero-order valence-electron chi connectivity index (χ0n) is 9.54. The maximum absolute atomic E-state index is 10.3. The molecule has 1 heterocycles. The topological polar surface area (TPSA) is 52.6 Å². The zero-order chi connectivity index (χ0) is 11.1. The minimum atomic E-state index is -0.697. The van der Waals surface area contributed by atoms with Crippen LogP contribution in [0.3, 0.4) is 0 Å². The van der Waals surface area contributed by atoms with Gasteiger partial charge in [-0.2, -0.15) is 0 Å². The molecule has 2 N–H and O–H groups in total.